The highest BCUT2D eigenvalue weighted by Gasteiger charge is 2.31. The highest BCUT2D eigenvalue weighted by Crippen LogP contribution is 2.30. The van der Waals surface area contributed by atoms with Crippen molar-refractivity contribution >= 4 is 11.7 Å². The number of benzene rings is 1. The van der Waals surface area contributed by atoms with E-state index in [1.807, 2.05) is 0 Å². The quantitative estimate of drug-likeness (QED) is 0.802. The van der Waals surface area contributed by atoms with E-state index < -0.39 is 6.36 Å². The second-order valence-electron chi connectivity index (χ2n) is 6.33. The van der Waals surface area contributed by atoms with E-state index in [9.17, 15) is 22.8 Å². The summed E-state index contributed by atoms with van der Waals surface area (Å²) in [4.78, 5) is 28.2. The van der Waals surface area contributed by atoms with E-state index in [-0.39, 0.29) is 36.3 Å². The second kappa shape index (κ2) is 7.77. The number of hydrogen-bond donors (Lipinski definition) is 1. The Balaban J connectivity index is 1.55. The van der Waals surface area contributed by atoms with E-state index in [2.05, 4.69) is 15.0 Å². The van der Waals surface area contributed by atoms with Gasteiger partial charge in [0.25, 0.3) is 5.91 Å². The molecule has 1 fully saturated rings. The maximum atomic E-state index is 12.3. The number of alkyl halides is 3. The minimum atomic E-state index is -4.74. The van der Waals surface area contributed by atoms with Crippen molar-refractivity contribution in [1.82, 2.24) is 10.3 Å². The molecular weight excluding hydrogens is 361 g/mol. The third-order valence-electron chi connectivity index (χ3n) is 4.08. The first kappa shape index (κ1) is 18.9. The van der Waals surface area contributed by atoms with Crippen LogP contribution in [-0.2, 0) is 17.8 Å². The third-order valence-corrected chi connectivity index (χ3v) is 4.08. The monoisotopic (exact) mass is 378 g/mol. The number of carbonyl (C=O) groups excluding carboxylic acids is 2. The normalized spacial score (nSPS) is 13.9. The van der Waals surface area contributed by atoms with E-state index in [4.69, 9.17) is 0 Å². The maximum absolute atomic E-state index is 12.3. The van der Waals surface area contributed by atoms with Gasteiger partial charge in [-0.15, -0.1) is 13.2 Å². The molecule has 0 aliphatic heterocycles. The van der Waals surface area contributed by atoms with Gasteiger partial charge < -0.3 is 10.1 Å². The lowest BCUT2D eigenvalue weighted by atomic mass is 10.1. The molecule has 1 aromatic heterocycles. The van der Waals surface area contributed by atoms with Crippen molar-refractivity contribution in [2.45, 2.75) is 32.2 Å². The number of amides is 1. The number of carbonyl (C=O) groups is 2. The number of nitrogens with one attached hydrogen (secondary N) is 1. The van der Waals surface area contributed by atoms with E-state index in [0.717, 1.165) is 12.8 Å². The Morgan fingerprint density at radius 3 is 2.48 bits per heavy atom. The lowest BCUT2D eigenvalue weighted by Gasteiger charge is -2.10. The van der Waals surface area contributed by atoms with E-state index in [0.29, 0.717) is 16.8 Å². The van der Waals surface area contributed by atoms with Gasteiger partial charge >= 0.3 is 6.36 Å². The van der Waals surface area contributed by atoms with Crippen LogP contribution >= 0.6 is 0 Å². The first-order valence-corrected chi connectivity index (χ1v) is 8.41. The lowest BCUT2D eigenvalue weighted by Crippen LogP contribution is -2.23. The predicted octanol–water partition coefficient (Wildman–Crippen LogP) is 3.43. The Kier molecular flexibility index (Phi) is 5.43. The molecule has 5 nitrogen and oxygen atoms in total. The zero-order valence-corrected chi connectivity index (χ0v) is 14.3. The molecule has 1 amide bonds. The molecule has 1 aromatic carbocycles. The molecule has 0 atom stereocenters. The Morgan fingerprint density at radius 1 is 1.15 bits per heavy atom. The zero-order chi connectivity index (χ0) is 19.4. The molecule has 3 rings (SSSR count). The smallest absolute Gasteiger partial charge is 0.406 e. The summed E-state index contributed by atoms with van der Waals surface area (Å²) in [6.07, 6.45) is -1.20. The highest BCUT2D eigenvalue weighted by molar-refractivity contribution is 5.94. The molecule has 1 saturated carbocycles. The summed E-state index contributed by atoms with van der Waals surface area (Å²) in [7, 11) is 0. The molecule has 2 aromatic rings. The Labute approximate surface area is 153 Å². The molecule has 8 heteroatoms. The molecular formula is C19H17F3N2O3. The summed E-state index contributed by atoms with van der Waals surface area (Å²) < 4.78 is 40.2. The van der Waals surface area contributed by atoms with Crippen LogP contribution in [0.1, 0.15) is 34.5 Å². The summed E-state index contributed by atoms with van der Waals surface area (Å²) in [5, 5.41) is 2.68. The standard InChI is InChI=1S/C19H17F3N2O3/c20-19(21,22)27-16-5-1-12(2-6-16)11-24-18(26)14-7-8-23-15(9-14)10-17(25)13-3-4-13/h1-2,5-9,13H,3-4,10-11H2,(H,24,26). The second-order valence-corrected chi connectivity index (χ2v) is 6.33. The Morgan fingerprint density at radius 2 is 1.85 bits per heavy atom. The molecule has 0 unspecified atom stereocenters. The SMILES string of the molecule is O=C(NCc1ccc(OC(F)(F)F)cc1)c1ccnc(CC(=O)C2CC2)c1. The number of ether oxygens (including phenoxy) is 1. The van der Waals surface area contributed by atoms with Gasteiger partial charge in [-0.2, -0.15) is 0 Å². The maximum Gasteiger partial charge on any atom is 0.573 e. The van der Waals surface area contributed by atoms with Crippen LogP contribution in [0.3, 0.4) is 0 Å². The molecule has 1 heterocycles. The van der Waals surface area contributed by atoms with Crippen LogP contribution in [0.2, 0.25) is 0 Å². The first-order valence-electron chi connectivity index (χ1n) is 8.41. The van der Waals surface area contributed by atoms with Gasteiger partial charge in [0, 0.05) is 36.3 Å². The molecule has 1 N–H and O–H groups in total. The number of rotatable bonds is 7. The van der Waals surface area contributed by atoms with Crippen molar-refractivity contribution in [3.63, 3.8) is 0 Å². The number of ketones is 1. The number of hydrogen-bond acceptors (Lipinski definition) is 4. The number of halogens is 3. The Bertz CT molecular complexity index is 831. The van der Waals surface area contributed by atoms with Crippen molar-refractivity contribution < 1.29 is 27.5 Å². The minimum Gasteiger partial charge on any atom is -0.406 e. The van der Waals surface area contributed by atoms with Crippen LogP contribution in [0, 0.1) is 5.92 Å². The molecule has 1 aliphatic rings. The zero-order valence-electron chi connectivity index (χ0n) is 14.3. The Hall–Kier alpha value is -2.90. The van der Waals surface area contributed by atoms with E-state index in [1.54, 1.807) is 12.1 Å². The van der Waals surface area contributed by atoms with Crippen LogP contribution in [0.25, 0.3) is 0 Å². The van der Waals surface area contributed by atoms with Gasteiger partial charge in [-0.1, -0.05) is 12.1 Å². The molecule has 142 valence electrons. The van der Waals surface area contributed by atoms with Crippen molar-refractivity contribution in [2.75, 3.05) is 0 Å². The number of aromatic nitrogens is 1. The third kappa shape index (κ3) is 5.80. The first-order chi connectivity index (χ1) is 12.8. The van der Waals surface area contributed by atoms with Crippen LogP contribution in [0.4, 0.5) is 13.2 Å². The minimum absolute atomic E-state index is 0.133. The van der Waals surface area contributed by atoms with Gasteiger partial charge in [0.2, 0.25) is 0 Å². The summed E-state index contributed by atoms with van der Waals surface area (Å²) in [5.41, 5.74) is 1.55. The summed E-state index contributed by atoms with van der Waals surface area (Å²) in [6, 6.07) is 8.36. The lowest BCUT2D eigenvalue weighted by molar-refractivity contribution is -0.274. The number of pyridine rings is 1. The molecule has 1 aliphatic carbocycles. The van der Waals surface area contributed by atoms with Gasteiger partial charge in [0.15, 0.2) is 0 Å². The summed E-state index contributed by atoms with van der Waals surface area (Å²) >= 11 is 0. The van der Waals surface area contributed by atoms with Crippen LogP contribution in [0.5, 0.6) is 5.75 Å². The van der Waals surface area contributed by atoms with E-state index in [1.165, 1.54) is 30.5 Å². The fraction of sp³-hybridized carbons (Fsp3) is 0.316. The number of Topliss-reactive ketones (excluding diaryl/α,β-unsaturated/α-hetero) is 1. The highest BCUT2D eigenvalue weighted by atomic mass is 19.4. The summed E-state index contributed by atoms with van der Waals surface area (Å²) in [5.74, 6) is -0.403. The van der Waals surface area contributed by atoms with Gasteiger partial charge in [0.1, 0.15) is 11.5 Å². The average molecular weight is 378 g/mol. The van der Waals surface area contributed by atoms with Crippen molar-refractivity contribution in [2.24, 2.45) is 5.92 Å². The van der Waals surface area contributed by atoms with Gasteiger partial charge in [0.05, 0.1) is 0 Å². The molecule has 0 spiro atoms. The van der Waals surface area contributed by atoms with Crippen LogP contribution < -0.4 is 10.1 Å². The summed E-state index contributed by atoms with van der Waals surface area (Å²) in [6.45, 7) is 0.143. The molecule has 0 radical (unpaired) electrons. The predicted molar refractivity (Wildman–Crippen MR) is 90.0 cm³/mol. The van der Waals surface area contributed by atoms with E-state index >= 15 is 0 Å². The fourth-order valence-corrected chi connectivity index (χ4v) is 2.54. The van der Waals surface area contributed by atoms with Gasteiger partial charge in [-0.05, 0) is 42.7 Å². The fourth-order valence-electron chi connectivity index (χ4n) is 2.54. The van der Waals surface area contributed by atoms with Crippen LogP contribution in [0.15, 0.2) is 42.6 Å². The van der Waals surface area contributed by atoms with Crippen LogP contribution in [-0.4, -0.2) is 23.0 Å². The van der Waals surface area contributed by atoms with Crippen molar-refractivity contribution in [3.8, 4) is 5.75 Å². The average Bonchev–Trinajstić information content (AvgIpc) is 3.45. The molecule has 27 heavy (non-hydrogen) atoms. The van der Waals surface area contributed by atoms with Crippen molar-refractivity contribution in [1.29, 1.82) is 0 Å². The molecule has 0 bridgehead atoms. The largest absolute Gasteiger partial charge is 0.573 e. The molecule has 0 saturated heterocycles. The van der Waals surface area contributed by atoms with Crippen molar-refractivity contribution in [3.05, 3.63) is 59.4 Å². The number of nitrogens with zero attached hydrogens (tertiary/aromatic N) is 1. The van der Waals surface area contributed by atoms with Gasteiger partial charge in [-0.3, -0.25) is 14.6 Å². The topological polar surface area (TPSA) is 68.3 Å². The van der Waals surface area contributed by atoms with Gasteiger partial charge in [-0.25, -0.2) is 0 Å².